The molecule has 0 saturated carbocycles. The van der Waals surface area contributed by atoms with Crippen LogP contribution in [0, 0.1) is 5.92 Å². The summed E-state index contributed by atoms with van der Waals surface area (Å²) >= 11 is 13.0. The molecule has 0 radical (unpaired) electrons. The third-order valence-corrected chi connectivity index (χ3v) is 7.26. The molecule has 0 spiro atoms. The van der Waals surface area contributed by atoms with Crippen LogP contribution in [0.15, 0.2) is 60.8 Å². The third kappa shape index (κ3) is 6.38. The van der Waals surface area contributed by atoms with Crippen molar-refractivity contribution in [3.8, 4) is 11.5 Å². The molecule has 0 aliphatic carbocycles. The summed E-state index contributed by atoms with van der Waals surface area (Å²) in [5, 5.41) is 4.32. The van der Waals surface area contributed by atoms with Gasteiger partial charge in [-0.05, 0) is 54.2 Å². The van der Waals surface area contributed by atoms with Gasteiger partial charge in [-0.25, -0.2) is 4.98 Å². The second-order valence-corrected chi connectivity index (χ2v) is 9.89. The van der Waals surface area contributed by atoms with Crippen molar-refractivity contribution in [1.82, 2.24) is 14.7 Å². The van der Waals surface area contributed by atoms with Gasteiger partial charge in [-0.3, -0.25) is 4.79 Å². The molecule has 2 aromatic carbocycles. The predicted octanol–water partition coefficient (Wildman–Crippen LogP) is 6.52. The highest BCUT2D eigenvalue weighted by Crippen LogP contribution is 2.38. The van der Waals surface area contributed by atoms with Crippen LogP contribution in [0.5, 0.6) is 11.5 Å². The quantitative estimate of drug-likeness (QED) is 0.235. The third-order valence-electron chi connectivity index (χ3n) is 6.48. The Bertz CT molecular complexity index is 1390. The van der Waals surface area contributed by atoms with E-state index < -0.39 is 0 Å². The van der Waals surface area contributed by atoms with Crippen molar-refractivity contribution in [3.05, 3.63) is 93.4 Å². The van der Waals surface area contributed by atoms with Crippen LogP contribution in [-0.2, 0) is 24.2 Å². The summed E-state index contributed by atoms with van der Waals surface area (Å²) in [6.45, 7) is 2.47. The van der Waals surface area contributed by atoms with E-state index in [1.165, 1.54) is 0 Å². The lowest BCUT2D eigenvalue weighted by Gasteiger charge is -2.16. The number of imidazole rings is 1. The van der Waals surface area contributed by atoms with Crippen LogP contribution in [0.1, 0.15) is 42.3 Å². The molecule has 0 fully saturated rings. The lowest BCUT2D eigenvalue weighted by molar-refractivity contribution is -0.121. The van der Waals surface area contributed by atoms with Crippen molar-refractivity contribution in [2.24, 2.45) is 5.92 Å². The van der Waals surface area contributed by atoms with E-state index in [2.05, 4.69) is 16.6 Å². The van der Waals surface area contributed by atoms with E-state index in [1.807, 2.05) is 60.8 Å². The Kier molecular flexibility index (Phi) is 8.95. The zero-order valence-corrected chi connectivity index (χ0v) is 22.8. The summed E-state index contributed by atoms with van der Waals surface area (Å²) in [5.41, 5.74) is 4.69. The van der Waals surface area contributed by atoms with E-state index in [4.69, 9.17) is 37.7 Å². The van der Waals surface area contributed by atoms with Gasteiger partial charge in [0.2, 0.25) is 5.91 Å². The lowest BCUT2D eigenvalue weighted by atomic mass is 9.96. The van der Waals surface area contributed by atoms with Crippen molar-refractivity contribution >= 4 is 34.8 Å². The van der Waals surface area contributed by atoms with Crippen LogP contribution in [0.25, 0.3) is 5.65 Å². The van der Waals surface area contributed by atoms with E-state index in [-0.39, 0.29) is 11.8 Å². The number of halogens is 2. The van der Waals surface area contributed by atoms with Gasteiger partial charge < -0.3 is 19.2 Å². The SMILES string of the molecule is COc1ccc(CC(C)CCC(=O)NCc2nc3ccccn3c2Cc2ccccc2Cl)c(Cl)c1OC. The van der Waals surface area contributed by atoms with E-state index in [1.54, 1.807) is 14.2 Å². The average molecular weight is 540 g/mol. The summed E-state index contributed by atoms with van der Waals surface area (Å²) < 4.78 is 12.8. The van der Waals surface area contributed by atoms with Crippen LogP contribution >= 0.6 is 23.2 Å². The molecule has 0 saturated heterocycles. The van der Waals surface area contributed by atoms with Gasteiger partial charge in [0.05, 0.1) is 37.2 Å². The number of hydrogen-bond donors (Lipinski definition) is 1. The van der Waals surface area contributed by atoms with Gasteiger partial charge >= 0.3 is 0 Å². The molecule has 4 rings (SSSR count). The van der Waals surface area contributed by atoms with E-state index >= 15 is 0 Å². The summed E-state index contributed by atoms with van der Waals surface area (Å²) in [4.78, 5) is 17.5. The number of carbonyl (C=O) groups is 1. The molecule has 8 heteroatoms. The molecule has 1 atom stereocenters. The van der Waals surface area contributed by atoms with Crippen molar-refractivity contribution in [2.75, 3.05) is 14.2 Å². The number of amides is 1. The first-order valence-electron chi connectivity index (χ1n) is 12.3. The van der Waals surface area contributed by atoms with E-state index in [0.29, 0.717) is 40.9 Å². The maximum Gasteiger partial charge on any atom is 0.220 e. The predicted molar refractivity (Wildman–Crippen MR) is 148 cm³/mol. The van der Waals surface area contributed by atoms with Crippen molar-refractivity contribution in [3.63, 3.8) is 0 Å². The smallest absolute Gasteiger partial charge is 0.220 e. The number of pyridine rings is 1. The standard InChI is InChI=1S/C29H31Cl2N3O3/c1-19(16-21-12-13-25(36-2)29(37-3)28(21)31)11-14-27(35)32-18-23-24(17-20-8-4-5-9-22(20)30)34-15-7-6-10-26(34)33-23/h4-10,12-13,15,19H,11,14,16-18H2,1-3H3,(H,32,35). The Hall–Kier alpha value is -3.22. The Morgan fingerprint density at radius 2 is 1.81 bits per heavy atom. The molecule has 194 valence electrons. The monoisotopic (exact) mass is 539 g/mol. The summed E-state index contributed by atoms with van der Waals surface area (Å²) in [6.07, 6.45) is 4.49. The van der Waals surface area contributed by atoms with Crippen LogP contribution in [-0.4, -0.2) is 29.5 Å². The minimum atomic E-state index is -0.00833. The van der Waals surface area contributed by atoms with Crippen LogP contribution < -0.4 is 14.8 Å². The van der Waals surface area contributed by atoms with Gasteiger partial charge in [0.1, 0.15) is 5.65 Å². The molecular weight excluding hydrogens is 509 g/mol. The van der Waals surface area contributed by atoms with E-state index in [9.17, 15) is 4.79 Å². The second kappa shape index (κ2) is 12.3. The molecule has 2 heterocycles. The van der Waals surface area contributed by atoms with Gasteiger partial charge in [0.25, 0.3) is 0 Å². The molecule has 6 nitrogen and oxygen atoms in total. The second-order valence-electron chi connectivity index (χ2n) is 9.10. The molecule has 1 N–H and O–H groups in total. The number of carbonyl (C=O) groups excluding carboxylic acids is 1. The average Bonchev–Trinajstić information content (AvgIpc) is 3.25. The number of methoxy groups -OCH3 is 2. The first-order valence-corrected chi connectivity index (χ1v) is 13.0. The fourth-order valence-electron chi connectivity index (χ4n) is 4.46. The molecule has 37 heavy (non-hydrogen) atoms. The topological polar surface area (TPSA) is 64.9 Å². The van der Waals surface area contributed by atoms with Crippen LogP contribution in [0.3, 0.4) is 0 Å². The van der Waals surface area contributed by atoms with Gasteiger partial charge in [0, 0.05) is 24.1 Å². The van der Waals surface area contributed by atoms with Crippen molar-refractivity contribution in [1.29, 1.82) is 0 Å². The molecule has 1 unspecified atom stereocenters. The zero-order chi connectivity index (χ0) is 26.4. The molecule has 0 aliphatic heterocycles. The number of fused-ring (bicyclic) bond motifs is 1. The van der Waals surface area contributed by atoms with Gasteiger partial charge in [-0.15, -0.1) is 0 Å². The van der Waals surface area contributed by atoms with Gasteiger partial charge in [0.15, 0.2) is 11.5 Å². The number of rotatable bonds is 11. The molecule has 2 aromatic heterocycles. The van der Waals surface area contributed by atoms with Crippen LogP contribution in [0.4, 0.5) is 0 Å². The normalized spacial score (nSPS) is 11.9. The number of nitrogens with zero attached hydrogens (tertiary/aromatic N) is 2. The molecule has 0 aliphatic rings. The van der Waals surface area contributed by atoms with E-state index in [0.717, 1.165) is 41.0 Å². The van der Waals surface area contributed by atoms with Gasteiger partial charge in [-0.1, -0.05) is 60.5 Å². The maximum atomic E-state index is 12.7. The minimum absolute atomic E-state index is 0.00833. The Morgan fingerprint density at radius 3 is 2.57 bits per heavy atom. The first-order chi connectivity index (χ1) is 17.9. The fourth-order valence-corrected chi connectivity index (χ4v) is 4.97. The highest BCUT2D eigenvalue weighted by atomic mass is 35.5. The number of ether oxygens (including phenoxy) is 2. The summed E-state index contributed by atoms with van der Waals surface area (Å²) in [5.74, 6) is 1.38. The van der Waals surface area contributed by atoms with Crippen molar-refractivity contribution < 1.29 is 14.3 Å². The largest absolute Gasteiger partial charge is 0.493 e. The molecule has 4 aromatic rings. The molecule has 0 bridgehead atoms. The number of benzene rings is 2. The maximum absolute atomic E-state index is 12.7. The van der Waals surface area contributed by atoms with Crippen molar-refractivity contribution in [2.45, 2.75) is 39.2 Å². The van der Waals surface area contributed by atoms with Crippen LogP contribution in [0.2, 0.25) is 10.0 Å². The lowest BCUT2D eigenvalue weighted by Crippen LogP contribution is -2.24. The Labute approximate surface area is 227 Å². The number of aromatic nitrogens is 2. The highest BCUT2D eigenvalue weighted by molar-refractivity contribution is 6.33. The zero-order valence-electron chi connectivity index (χ0n) is 21.3. The summed E-state index contributed by atoms with van der Waals surface area (Å²) in [6, 6.07) is 17.5. The Morgan fingerprint density at radius 1 is 1.03 bits per heavy atom. The molecular formula is C29H31Cl2N3O3. The van der Waals surface area contributed by atoms with Gasteiger partial charge in [-0.2, -0.15) is 0 Å². The first kappa shape index (κ1) is 26.8. The molecule has 1 amide bonds. The number of nitrogens with one attached hydrogen (secondary N) is 1. The number of hydrogen-bond acceptors (Lipinski definition) is 4. The highest BCUT2D eigenvalue weighted by Gasteiger charge is 2.17. The minimum Gasteiger partial charge on any atom is -0.493 e. The fraction of sp³-hybridized carbons (Fsp3) is 0.310. The summed E-state index contributed by atoms with van der Waals surface area (Å²) in [7, 11) is 3.16. The Balaban J connectivity index is 1.37.